The van der Waals surface area contributed by atoms with Gasteiger partial charge in [-0.05, 0) is 49.4 Å². The van der Waals surface area contributed by atoms with E-state index >= 15 is 0 Å². The van der Waals surface area contributed by atoms with E-state index < -0.39 is 5.54 Å². The maximum absolute atomic E-state index is 12.6. The first-order valence-electron chi connectivity index (χ1n) is 10.0. The third-order valence-corrected chi connectivity index (χ3v) is 5.49. The Morgan fingerprint density at radius 2 is 1.89 bits per heavy atom. The van der Waals surface area contributed by atoms with Crippen molar-refractivity contribution in [3.05, 3.63) is 65.7 Å². The van der Waals surface area contributed by atoms with Crippen LogP contribution in [0, 0.1) is 0 Å². The Labute approximate surface area is 167 Å². The molecule has 2 aromatic carbocycles. The van der Waals surface area contributed by atoms with Crippen LogP contribution in [0.1, 0.15) is 50.7 Å². The van der Waals surface area contributed by atoms with Crippen molar-refractivity contribution in [2.45, 2.75) is 51.6 Å². The largest absolute Gasteiger partial charge is 0.338 e. The van der Waals surface area contributed by atoms with E-state index in [0.29, 0.717) is 13.0 Å². The minimum absolute atomic E-state index is 0.212. The van der Waals surface area contributed by atoms with Gasteiger partial charge in [0, 0.05) is 25.2 Å². The van der Waals surface area contributed by atoms with Gasteiger partial charge < -0.3 is 15.5 Å². The SMILES string of the molecule is CC[C@@](C)(NC(=O)Nc1cccc(CN2CCCCC2=O)c1)c1ccccc1. The monoisotopic (exact) mass is 379 g/mol. The van der Waals surface area contributed by atoms with Gasteiger partial charge in [-0.3, -0.25) is 4.79 Å². The maximum Gasteiger partial charge on any atom is 0.319 e. The van der Waals surface area contributed by atoms with Crippen molar-refractivity contribution in [2.24, 2.45) is 0 Å². The van der Waals surface area contributed by atoms with Gasteiger partial charge in [-0.2, -0.15) is 0 Å². The fourth-order valence-electron chi connectivity index (χ4n) is 3.58. The van der Waals surface area contributed by atoms with Crippen LogP contribution in [0.2, 0.25) is 0 Å². The second kappa shape index (κ2) is 8.91. The summed E-state index contributed by atoms with van der Waals surface area (Å²) in [5.74, 6) is 0.212. The summed E-state index contributed by atoms with van der Waals surface area (Å²) in [6.07, 6.45) is 3.45. The average Bonchev–Trinajstić information content (AvgIpc) is 2.70. The molecule has 148 valence electrons. The van der Waals surface area contributed by atoms with Gasteiger partial charge in [0.05, 0.1) is 5.54 Å². The Balaban J connectivity index is 1.64. The van der Waals surface area contributed by atoms with E-state index in [1.54, 1.807) is 0 Å². The molecule has 2 aromatic rings. The Kier molecular flexibility index (Phi) is 6.34. The highest BCUT2D eigenvalue weighted by Crippen LogP contribution is 2.24. The lowest BCUT2D eigenvalue weighted by Gasteiger charge is -2.30. The molecule has 0 saturated carbocycles. The highest BCUT2D eigenvalue weighted by atomic mass is 16.2. The molecule has 5 heteroatoms. The number of benzene rings is 2. The number of likely N-dealkylation sites (tertiary alicyclic amines) is 1. The third kappa shape index (κ3) is 4.91. The van der Waals surface area contributed by atoms with Crippen molar-refractivity contribution >= 4 is 17.6 Å². The molecule has 1 aliphatic rings. The highest BCUT2D eigenvalue weighted by Gasteiger charge is 2.26. The standard InChI is InChI=1S/C23H29N3O2/c1-3-23(2,19-11-5-4-6-12-19)25-22(28)24-20-13-9-10-18(16-20)17-26-15-8-7-14-21(26)27/h4-6,9-13,16H,3,7-8,14-15,17H2,1-2H3,(H2,24,25,28)/t23-/m1/s1. The van der Waals surface area contributed by atoms with Crippen LogP contribution in [0.5, 0.6) is 0 Å². The van der Waals surface area contributed by atoms with E-state index in [4.69, 9.17) is 0 Å². The average molecular weight is 380 g/mol. The number of urea groups is 1. The summed E-state index contributed by atoms with van der Waals surface area (Å²) in [5, 5.41) is 6.04. The summed E-state index contributed by atoms with van der Waals surface area (Å²) < 4.78 is 0. The normalized spacial score (nSPS) is 16.4. The zero-order valence-electron chi connectivity index (χ0n) is 16.7. The zero-order chi connectivity index (χ0) is 20.0. The van der Waals surface area contributed by atoms with Crippen LogP contribution in [-0.2, 0) is 16.9 Å². The van der Waals surface area contributed by atoms with Gasteiger partial charge in [0.1, 0.15) is 0 Å². The molecule has 0 spiro atoms. The molecule has 28 heavy (non-hydrogen) atoms. The minimum atomic E-state index is -0.441. The molecule has 1 saturated heterocycles. The van der Waals surface area contributed by atoms with Crippen molar-refractivity contribution in [1.82, 2.24) is 10.2 Å². The van der Waals surface area contributed by atoms with Crippen molar-refractivity contribution in [1.29, 1.82) is 0 Å². The topological polar surface area (TPSA) is 61.4 Å². The van der Waals surface area contributed by atoms with E-state index in [0.717, 1.165) is 42.6 Å². The molecule has 1 aliphatic heterocycles. The van der Waals surface area contributed by atoms with Crippen molar-refractivity contribution < 1.29 is 9.59 Å². The molecule has 0 aromatic heterocycles. The molecular weight excluding hydrogens is 350 g/mol. The molecule has 3 amide bonds. The zero-order valence-corrected chi connectivity index (χ0v) is 16.7. The van der Waals surface area contributed by atoms with Crippen LogP contribution in [0.15, 0.2) is 54.6 Å². The summed E-state index contributed by atoms with van der Waals surface area (Å²) in [5.41, 5.74) is 2.38. The van der Waals surface area contributed by atoms with Crippen LogP contribution < -0.4 is 10.6 Å². The van der Waals surface area contributed by atoms with E-state index in [1.807, 2.05) is 66.4 Å². The maximum atomic E-state index is 12.6. The Morgan fingerprint density at radius 1 is 1.11 bits per heavy atom. The first kappa shape index (κ1) is 19.9. The van der Waals surface area contributed by atoms with Gasteiger partial charge in [0.2, 0.25) is 5.91 Å². The first-order valence-corrected chi connectivity index (χ1v) is 10.0. The molecule has 0 unspecified atom stereocenters. The molecule has 1 fully saturated rings. The number of rotatable bonds is 6. The summed E-state index contributed by atoms with van der Waals surface area (Å²) in [6, 6.07) is 17.5. The predicted octanol–water partition coefficient (Wildman–Crippen LogP) is 4.65. The Bertz CT molecular complexity index is 822. The molecule has 5 nitrogen and oxygen atoms in total. The number of hydrogen-bond donors (Lipinski definition) is 2. The van der Waals surface area contributed by atoms with E-state index in [2.05, 4.69) is 17.6 Å². The summed E-state index contributed by atoms with van der Waals surface area (Å²) in [4.78, 5) is 26.6. The van der Waals surface area contributed by atoms with Crippen molar-refractivity contribution in [3.63, 3.8) is 0 Å². The fourth-order valence-corrected chi connectivity index (χ4v) is 3.58. The number of hydrogen-bond acceptors (Lipinski definition) is 2. The predicted molar refractivity (Wildman–Crippen MR) is 112 cm³/mol. The molecule has 3 rings (SSSR count). The van der Waals surface area contributed by atoms with Crippen LogP contribution in [0.3, 0.4) is 0 Å². The Hall–Kier alpha value is -2.82. The van der Waals surface area contributed by atoms with Gasteiger partial charge in [0.15, 0.2) is 0 Å². The molecule has 1 atom stereocenters. The lowest BCUT2D eigenvalue weighted by molar-refractivity contribution is -0.133. The van der Waals surface area contributed by atoms with Gasteiger partial charge in [-0.15, -0.1) is 0 Å². The van der Waals surface area contributed by atoms with E-state index in [9.17, 15) is 9.59 Å². The highest BCUT2D eigenvalue weighted by molar-refractivity contribution is 5.90. The number of carbonyl (C=O) groups is 2. The quantitative estimate of drug-likeness (QED) is 0.768. The number of nitrogens with zero attached hydrogens (tertiary/aromatic N) is 1. The second-order valence-corrected chi connectivity index (χ2v) is 7.60. The van der Waals surface area contributed by atoms with Crippen LogP contribution in [0.4, 0.5) is 10.5 Å². The van der Waals surface area contributed by atoms with Crippen LogP contribution in [-0.4, -0.2) is 23.4 Å². The number of nitrogens with one attached hydrogen (secondary N) is 2. The molecule has 0 aliphatic carbocycles. The summed E-state index contributed by atoms with van der Waals surface area (Å²) in [6.45, 7) is 5.49. The smallest absolute Gasteiger partial charge is 0.319 e. The van der Waals surface area contributed by atoms with Gasteiger partial charge >= 0.3 is 6.03 Å². The lowest BCUT2D eigenvalue weighted by atomic mass is 9.89. The molecule has 0 bridgehead atoms. The Morgan fingerprint density at radius 3 is 2.61 bits per heavy atom. The van der Waals surface area contributed by atoms with E-state index in [-0.39, 0.29) is 11.9 Å². The van der Waals surface area contributed by atoms with Gasteiger partial charge in [0.25, 0.3) is 0 Å². The fraction of sp³-hybridized carbons (Fsp3) is 0.391. The van der Waals surface area contributed by atoms with E-state index in [1.165, 1.54) is 0 Å². The minimum Gasteiger partial charge on any atom is -0.338 e. The molecule has 1 heterocycles. The number of carbonyl (C=O) groups excluding carboxylic acids is 2. The van der Waals surface area contributed by atoms with Gasteiger partial charge in [-0.1, -0.05) is 49.4 Å². The van der Waals surface area contributed by atoms with Gasteiger partial charge in [-0.25, -0.2) is 4.79 Å². The molecule has 2 N–H and O–H groups in total. The van der Waals surface area contributed by atoms with Crippen molar-refractivity contribution in [2.75, 3.05) is 11.9 Å². The molecule has 0 radical (unpaired) electrons. The van der Waals surface area contributed by atoms with Crippen molar-refractivity contribution in [3.8, 4) is 0 Å². The van der Waals surface area contributed by atoms with Crippen LogP contribution in [0.25, 0.3) is 0 Å². The number of piperidine rings is 1. The number of amides is 3. The molecular formula is C23H29N3O2. The lowest BCUT2D eigenvalue weighted by Crippen LogP contribution is -2.45. The first-order chi connectivity index (χ1) is 13.5. The van der Waals surface area contributed by atoms with Crippen LogP contribution >= 0.6 is 0 Å². The second-order valence-electron chi connectivity index (χ2n) is 7.60. The number of anilines is 1. The summed E-state index contributed by atoms with van der Waals surface area (Å²) >= 11 is 0. The third-order valence-electron chi connectivity index (χ3n) is 5.49. The summed E-state index contributed by atoms with van der Waals surface area (Å²) in [7, 11) is 0.